The van der Waals surface area contributed by atoms with E-state index in [1.807, 2.05) is 26.0 Å². The molecule has 0 aliphatic rings. The highest BCUT2D eigenvalue weighted by molar-refractivity contribution is 6.32. The van der Waals surface area contributed by atoms with Crippen molar-refractivity contribution in [3.8, 4) is 17.3 Å². The Labute approximate surface area is 98.7 Å². The third kappa shape index (κ3) is 1.68. The number of hydrogen-bond acceptors (Lipinski definition) is 2. The van der Waals surface area contributed by atoms with Gasteiger partial charge < -0.3 is 0 Å². The average molecular weight is 232 g/mol. The summed E-state index contributed by atoms with van der Waals surface area (Å²) in [7, 11) is 0. The van der Waals surface area contributed by atoms with Crippen molar-refractivity contribution in [3.05, 3.63) is 40.0 Å². The Morgan fingerprint density at radius 1 is 1.38 bits per heavy atom. The van der Waals surface area contributed by atoms with Gasteiger partial charge in [0, 0.05) is 11.3 Å². The number of benzene rings is 1. The van der Waals surface area contributed by atoms with E-state index in [1.54, 1.807) is 12.1 Å². The second-order valence-corrected chi connectivity index (χ2v) is 4.04. The van der Waals surface area contributed by atoms with Gasteiger partial charge in [0.1, 0.15) is 6.07 Å². The molecule has 0 atom stereocenters. The molecule has 80 valence electrons. The first-order valence-corrected chi connectivity index (χ1v) is 5.23. The lowest BCUT2D eigenvalue weighted by molar-refractivity contribution is 1.05. The monoisotopic (exact) mass is 231 g/mol. The minimum atomic E-state index is 0.458. The van der Waals surface area contributed by atoms with Crippen molar-refractivity contribution in [2.45, 2.75) is 13.8 Å². The first-order valence-electron chi connectivity index (χ1n) is 4.85. The Bertz CT molecular complexity index is 578. The maximum Gasteiger partial charge on any atom is 0.101 e. The molecule has 2 aromatic rings. The molecule has 0 unspecified atom stereocenters. The summed E-state index contributed by atoms with van der Waals surface area (Å²) in [5.41, 5.74) is 4.42. The fourth-order valence-electron chi connectivity index (χ4n) is 1.52. The molecule has 16 heavy (non-hydrogen) atoms. The number of aromatic nitrogens is 2. The lowest BCUT2D eigenvalue weighted by Gasteiger charge is -2.01. The normalized spacial score (nSPS) is 10.1. The summed E-state index contributed by atoms with van der Waals surface area (Å²) >= 11 is 5.98. The first-order chi connectivity index (χ1) is 7.63. The number of hydrogen-bond donors (Lipinski definition) is 1. The molecule has 0 aliphatic heterocycles. The summed E-state index contributed by atoms with van der Waals surface area (Å²) in [5, 5.41) is 16.4. The highest BCUT2D eigenvalue weighted by Gasteiger charge is 2.09. The van der Waals surface area contributed by atoms with Gasteiger partial charge in [0.2, 0.25) is 0 Å². The number of aryl methyl sites for hydroxylation is 1. The van der Waals surface area contributed by atoms with Crippen molar-refractivity contribution < 1.29 is 0 Å². The van der Waals surface area contributed by atoms with Gasteiger partial charge in [-0.15, -0.1) is 0 Å². The highest BCUT2D eigenvalue weighted by atomic mass is 35.5. The van der Waals surface area contributed by atoms with Crippen LogP contribution >= 0.6 is 11.6 Å². The van der Waals surface area contributed by atoms with Crippen LogP contribution in [0, 0.1) is 25.2 Å². The van der Waals surface area contributed by atoms with E-state index in [4.69, 9.17) is 16.9 Å². The molecule has 0 spiro atoms. The molecule has 3 nitrogen and oxygen atoms in total. The van der Waals surface area contributed by atoms with Gasteiger partial charge in [-0.1, -0.05) is 17.7 Å². The molecule has 1 aromatic carbocycles. The molecule has 4 heteroatoms. The number of rotatable bonds is 1. The largest absolute Gasteiger partial charge is 0.282 e. The zero-order valence-electron chi connectivity index (χ0n) is 9.00. The SMILES string of the molecule is Cc1[nH]nc(-c2ccc(C#N)c(Cl)c2)c1C. The summed E-state index contributed by atoms with van der Waals surface area (Å²) in [5.74, 6) is 0. The van der Waals surface area contributed by atoms with E-state index in [0.717, 1.165) is 22.5 Å². The Hall–Kier alpha value is -1.79. The molecule has 0 bridgehead atoms. The van der Waals surface area contributed by atoms with E-state index < -0.39 is 0 Å². The predicted octanol–water partition coefficient (Wildman–Crippen LogP) is 3.22. The highest BCUT2D eigenvalue weighted by Crippen LogP contribution is 2.27. The third-order valence-electron chi connectivity index (χ3n) is 2.62. The van der Waals surface area contributed by atoms with Crippen LogP contribution in [0.3, 0.4) is 0 Å². The molecule has 0 radical (unpaired) electrons. The zero-order chi connectivity index (χ0) is 11.7. The van der Waals surface area contributed by atoms with Crippen molar-refractivity contribution in [1.82, 2.24) is 10.2 Å². The molecule has 1 aromatic heterocycles. The second kappa shape index (κ2) is 3.99. The molecule has 0 fully saturated rings. The Morgan fingerprint density at radius 2 is 2.12 bits per heavy atom. The van der Waals surface area contributed by atoms with Crippen LogP contribution in [0.15, 0.2) is 18.2 Å². The van der Waals surface area contributed by atoms with Crippen molar-refractivity contribution in [2.24, 2.45) is 0 Å². The summed E-state index contributed by atoms with van der Waals surface area (Å²) in [6.07, 6.45) is 0. The Morgan fingerprint density at radius 3 is 2.62 bits per heavy atom. The number of halogens is 1. The molecule has 2 rings (SSSR count). The van der Waals surface area contributed by atoms with E-state index in [1.165, 1.54) is 0 Å². The smallest absolute Gasteiger partial charge is 0.101 e. The zero-order valence-corrected chi connectivity index (χ0v) is 9.76. The van der Waals surface area contributed by atoms with Gasteiger partial charge in [-0.25, -0.2) is 0 Å². The van der Waals surface area contributed by atoms with Crippen LogP contribution in [0.4, 0.5) is 0 Å². The van der Waals surface area contributed by atoms with Crippen LogP contribution in [0.2, 0.25) is 5.02 Å². The molecule has 1 N–H and O–H groups in total. The van der Waals surface area contributed by atoms with Gasteiger partial charge in [-0.3, -0.25) is 5.10 Å². The number of H-pyrrole nitrogens is 1. The maximum absolute atomic E-state index is 8.78. The van der Waals surface area contributed by atoms with Crippen LogP contribution in [-0.4, -0.2) is 10.2 Å². The van der Waals surface area contributed by atoms with E-state index in [0.29, 0.717) is 10.6 Å². The van der Waals surface area contributed by atoms with Gasteiger partial charge in [-0.2, -0.15) is 10.4 Å². The Kier molecular flexibility index (Phi) is 2.67. The number of nitrogens with one attached hydrogen (secondary N) is 1. The molecule has 0 saturated heterocycles. The number of nitriles is 1. The summed E-state index contributed by atoms with van der Waals surface area (Å²) < 4.78 is 0. The number of nitrogens with zero attached hydrogens (tertiary/aromatic N) is 2. The van der Waals surface area contributed by atoms with Crippen LogP contribution < -0.4 is 0 Å². The van der Waals surface area contributed by atoms with E-state index >= 15 is 0 Å². The quantitative estimate of drug-likeness (QED) is 0.819. The summed E-state index contributed by atoms with van der Waals surface area (Å²) in [6, 6.07) is 7.36. The maximum atomic E-state index is 8.78. The van der Waals surface area contributed by atoms with Gasteiger partial charge in [0.15, 0.2) is 0 Å². The van der Waals surface area contributed by atoms with Crippen LogP contribution in [-0.2, 0) is 0 Å². The van der Waals surface area contributed by atoms with Crippen LogP contribution in [0.5, 0.6) is 0 Å². The molecular formula is C12H10ClN3. The number of aromatic amines is 1. The van der Waals surface area contributed by atoms with Gasteiger partial charge in [0.25, 0.3) is 0 Å². The van der Waals surface area contributed by atoms with Crippen molar-refractivity contribution in [3.63, 3.8) is 0 Å². The third-order valence-corrected chi connectivity index (χ3v) is 2.93. The Balaban J connectivity index is 2.54. The molecular weight excluding hydrogens is 222 g/mol. The van der Waals surface area contributed by atoms with Crippen molar-refractivity contribution in [1.29, 1.82) is 5.26 Å². The molecule has 1 heterocycles. The first kappa shape index (κ1) is 10.7. The van der Waals surface area contributed by atoms with Crippen LogP contribution in [0.1, 0.15) is 16.8 Å². The van der Waals surface area contributed by atoms with Crippen molar-refractivity contribution in [2.75, 3.05) is 0 Å². The summed E-state index contributed by atoms with van der Waals surface area (Å²) in [6.45, 7) is 3.97. The second-order valence-electron chi connectivity index (χ2n) is 3.63. The lowest BCUT2D eigenvalue weighted by atomic mass is 10.1. The van der Waals surface area contributed by atoms with Crippen LogP contribution in [0.25, 0.3) is 11.3 Å². The van der Waals surface area contributed by atoms with Gasteiger partial charge >= 0.3 is 0 Å². The minimum Gasteiger partial charge on any atom is -0.282 e. The summed E-state index contributed by atoms with van der Waals surface area (Å²) in [4.78, 5) is 0. The fourth-order valence-corrected chi connectivity index (χ4v) is 1.74. The van der Waals surface area contributed by atoms with Gasteiger partial charge in [0.05, 0.1) is 16.3 Å². The van der Waals surface area contributed by atoms with E-state index in [-0.39, 0.29) is 0 Å². The van der Waals surface area contributed by atoms with Gasteiger partial charge in [-0.05, 0) is 31.5 Å². The molecule has 0 saturated carbocycles. The lowest BCUT2D eigenvalue weighted by Crippen LogP contribution is -1.84. The van der Waals surface area contributed by atoms with E-state index in [2.05, 4.69) is 10.2 Å². The predicted molar refractivity (Wildman–Crippen MR) is 63.2 cm³/mol. The fraction of sp³-hybridized carbons (Fsp3) is 0.167. The standard InChI is InChI=1S/C12H10ClN3/c1-7-8(2)15-16-12(7)9-3-4-10(6-14)11(13)5-9/h3-5H,1-2H3,(H,15,16). The topological polar surface area (TPSA) is 52.5 Å². The van der Waals surface area contributed by atoms with E-state index in [9.17, 15) is 0 Å². The minimum absolute atomic E-state index is 0.458. The van der Waals surface area contributed by atoms with Crippen molar-refractivity contribution >= 4 is 11.6 Å². The molecule has 0 aliphatic carbocycles. The molecule has 0 amide bonds. The average Bonchev–Trinajstić information content (AvgIpc) is 2.60.